The molecule has 1 amide bonds. The average molecular weight is 346 g/mol. The summed E-state index contributed by atoms with van der Waals surface area (Å²) in [5, 5.41) is 3.38. The Morgan fingerprint density at radius 3 is 2.71 bits per heavy atom. The molecule has 24 heavy (non-hydrogen) atoms. The van der Waals surface area contributed by atoms with Gasteiger partial charge in [0.2, 0.25) is 0 Å². The number of nitrogens with zero attached hydrogens (tertiary/aromatic N) is 4. The standard InChI is InChI=1S/C17H20ClN5O/c1-2-22-6-8-23(9-7-22)16-11-15(19-12-20-16)17(24)21-14-5-3-4-13(18)10-14/h3-5,10-12H,2,6-9H2,1H3,(H,21,24). The van der Waals surface area contributed by atoms with E-state index in [0.29, 0.717) is 16.4 Å². The second-order valence-electron chi connectivity index (χ2n) is 5.65. The normalized spacial score (nSPS) is 15.3. The maximum absolute atomic E-state index is 12.4. The maximum atomic E-state index is 12.4. The number of carbonyl (C=O) groups is 1. The third-order valence-electron chi connectivity index (χ3n) is 4.11. The first-order valence-electron chi connectivity index (χ1n) is 8.02. The van der Waals surface area contributed by atoms with Gasteiger partial charge in [0, 0.05) is 43.0 Å². The van der Waals surface area contributed by atoms with Crippen molar-refractivity contribution in [2.24, 2.45) is 0 Å². The van der Waals surface area contributed by atoms with E-state index in [1.807, 2.05) is 0 Å². The number of hydrogen-bond donors (Lipinski definition) is 1. The van der Waals surface area contributed by atoms with Crippen molar-refractivity contribution in [1.29, 1.82) is 0 Å². The summed E-state index contributed by atoms with van der Waals surface area (Å²) in [6.45, 7) is 7.04. The molecule has 0 saturated carbocycles. The van der Waals surface area contributed by atoms with E-state index in [-0.39, 0.29) is 5.91 Å². The zero-order valence-corrected chi connectivity index (χ0v) is 14.3. The van der Waals surface area contributed by atoms with E-state index in [0.717, 1.165) is 38.5 Å². The lowest BCUT2D eigenvalue weighted by Gasteiger charge is -2.34. The SMILES string of the molecule is CCN1CCN(c2cc(C(=O)Nc3cccc(Cl)c3)ncn2)CC1. The molecule has 7 heteroatoms. The molecule has 126 valence electrons. The Kier molecular flexibility index (Phi) is 5.27. The first kappa shape index (κ1) is 16.7. The number of carbonyl (C=O) groups excluding carboxylic acids is 1. The lowest BCUT2D eigenvalue weighted by molar-refractivity contribution is 0.102. The summed E-state index contributed by atoms with van der Waals surface area (Å²) < 4.78 is 0. The fourth-order valence-electron chi connectivity index (χ4n) is 2.70. The molecule has 0 bridgehead atoms. The maximum Gasteiger partial charge on any atom is 0.274 e. The predicted octanol–water partition coefficient (Wildman–Crippen LogP) is 2.52. The van der Waals surface area contributed by atoms with Crippen molar-refractivity contribution in [3.05, 3.63) is 47.4 Å². The number of benzene rings is 1. The monoisotopic (exact) mass is 345 g/mol. The Morgan fingerprint density at radius 2 is 2.00 bits per heavy atom. The molecule has 1 N–H and O–H groups in total. The van der Waals surface area contributed by atoms with Gasteiger partial charge in [0.1, 0.15) is 17.8 Å². The van der Waals surface area contributed by atoms with Gasteiger partial charge in [-0.25, -0.2) is 9.97 Å². The van der Waals surface area contributed by atoms with Crippen LogP contribution in [0.1, 0.15) is 17.4 Å². The molecule has 2 heterocycles. The van der Waals surface area contributed by atoms with E-state index in [1.165, 1.54) is 6.33 Å². The molecule has 0 radical (unpaired) electrons. The lowest BCUT2D eigenvalue weighted by Crippen LogP contribution is -2.46. The topological polar surface area (TPSA) is 61.4 Å². The van der Waals surface area contributed by atoms with Crippen LogP contribution in [-0.4, -0.2) is 53.5 Å². The van der Waals surface area contributed by atoms with Gasteiger partial charge in [0.05, 0.1) is 0 Å². The fourth-order valence-corrected chi connectivity index (χ4v) is 2.89. The van der Waals surface area contributed by atoms with Gasteiger partial charge in [0.15, 0.2) is 0 Å². The molecule has 1 aliphatic heterocycles. The Bertz CT molecular complexity index is 716. The van der Waals surface area contributed by atoms with Gasteiger partial charge in [-0.2, -0.15) is 0 Å². The highest BCUT2D eigenvalue weighted by atomic mass is 35.5. The first-order chi connectivity index (χ1) is 11.7. The largest absolute Gasteiger partial charge is 0.354 e. The number of piperazine rings is 1. The Morgan fingerprint density at radius 1 is 1.21 bits per heavy atom. The van der Waals surface area contributed by atoms with Gasteiger partial charge < -0.3 is 15.1 Å². The molecule has 0 spiro atoms. The summed E-state index contributed by atoms with van der Waals surface area (Å²) in [5.74, 6) is 0.519. The highest BCUT2D eigenvalue weighted by Gasteiger charge is 2.18. The van der Waals surface area contributed by atoms with Crippen molar-refractivity contribution in [3.63, 3.8) is 0 Å². The number of hydrogen-bond acceptors (Lipinski definition) is 5. The van der Waals surface area contributed by atoms with Crippen LogP contribution in [-0.2, 0) is 0 Å². The third-order valence-corrected chi connectivity index (χ3v) is 4.35. The summed E-state index contributed by atoms with van der Waals surface area (Å²) in [5.41, 5.74) is 0.988. The Balaban J connectivity index is 1.69. The molecule has 1 fully saturated rings. The minimum absolute atomic E-state index is 0.270. The molecule has 3 rings (SSSR count). The summed E-state index contributed by atoms with van der Waals surface area (Å²) in [6.07, 6.45) is 1.44. The molecule has 2 aromatic rings. The van der Waals surface area contributed by atoms with Crippen LogP contribution in [0, 0.1) is 0 Å². The number of rotatable bonds is 4. The number of amides is 1. The van der Waals surface area contributed by atoms with E-state index < -0.39 is 0 Å². The van der Waals surface area contributed by atoms with Crippen LogP contribution in [0.5, 0.6) is 0 Å². The molecule has 1 aromatic carbocycles. The molecule has 1 aromatic heterocycles. The van der Waals surface area contributed by atoms with E-state index >= 15 is 0 Å². The van der Waals surface area contributed by atoms with Crippen molar-refractivity contribution in [3.8, 4) is 0 Å². The highest BCUT2D eigenvalue weighted by Crippen LogP contribution is 2.17. The molecule has 0 unspecified atom stereocenters. The van der Waals surface area contributed by atoms with Crippen LogP contribution >= 0.6 is 11.6 Å². The van der Waals surface area contributed by atoms with Crippen LogP contribution in [0.4, 0.5) is 11.5 Å². The predicted molar refractivity (Wildman–Crippen MR) is 95.8 cm³/mol. The van der Waals surface area contributed by atoms with Crippen molar-refractivity contribution in [2.45, 2.75) is 6.92 Å². The van der Waals surface area contributed by atoms with E-state index in [4.69, 9.17) is 11.6 Å². The summed E-state index contributed by atoms with van der Waals surface area (Å²) in [4.78, 5) is 25.4. The van der Waals surface area contributed by atoms with Gasteiger partial charge >= 0.3 is 0 Å². The molecule has 0 atom stereocenters. The van der Waals surface area contributed by atoms with Crippen molar-refractivity contribution >= 4 is 29.0 Å². The van der Waals surface area contributed by atoms with Crippen molar-refractivity contribution in [1.82, 2.24) is 14.9 Å². The second kappa shape index (κ2) is 7.59. The molecule has 1 aliphatic rings. The number of likely N-dealkylation sites (N-methyl/N-ethyl adjacent to an activating group) is 1. The summed E-state index contributed by atoms with van der Waals surface area (Å²) in [7, 11) is 0. The van der Waals surface area contributed by atoms with Crippen LogP contribution in [0.15, 0.2) is 36.7 Å². The van der Waals surface area contributed by atoms with Crippen molar-refractivity contribution in [2.75, 3.05) is 42.9 Å². The van der Waals surface area contributed by atoms with Crippen molar-refractivity contribution < 1.29 is 4.79 Å². The van der Waals surface area contributed by atoms with Crippen LogP contribution in [0.25, 0.3) is 0 Å². The molecule has 0 aliphatic carbocycles. The third kappa shape index (κ3) is 4.01. The van der Waals surface area contributed by atoms with Gasteiger partial charge in [-0.15, -0.1) is 0 Å². The fraction of sp³-hybridized carbons (Fsp3) is 0.353. The number of halogens is 1. The first-order valence-corrected chi connectivity index (χ1v) is 8.40. The molecule has 6 nitrogen and oxygen atoms in total. The lowest BCUT2D eigenvalue weighted by atomic mass is 10.2. The highest BCUT2D eigenvalue weighted by molar-refractivity contribution is 6.30. The quantitative estimate of drug-likeness (QED) is 0.922. The number of aromatic nitrogens is 2. The van der Waals surface area contributed by atoms with E-state index in [2.05, 4.69) is 32.0 Å². The van der Waals surface area contributed by atoms with E-state index in [1.54, 1.807) is 30.3 Å². The Labute approximate surface area is 146 Å². The zero-order chi connectivity index (χ0) is 16.9. The van der Waals surface area contributed by atoms with Crippen LogP contribution < -0.4 is 10.2 Å². The Hall–Kier alpha value is -2.18. The summed E-state index contributed by atoms with van der Waals surface area (Å²) in [6, 6.07) is 8.77. The molecule has 1 saturated heterocycles. The molecular weight excluding hydrogens is 326 g/mol. The van der Waals surface area contributed by atoms with Crippen LogP contribution in [0.3, 0.4) is 0 Å². The summed E-state index contributed by atoms with van der Waals surface area (Å²) >= 11 is 5.94. The van der Waals surface area contributed by atoms with Gasteiger partial charge in [-0.1, -0.05) is 24.6 Å². The number of anilines is 2. The minimum atomic E-state index is -0.270. The number of nitrogens with one attached hydrogen (secondary N) is 1. The van der Waals surface area contributed by atoms with Gasteiger partial charge in [-0.3, -0.25) is 4.79 Å². The smallest absolute Gasteiger partial charge is 0.274 e. The second-order valence-corrected chi connectivity index (χ2v) is 6.08. The average Bonchev–Trinajstić information content (AvgIpc) is 2.62. The van der Waals surface area contributed by atoms with Gasteiger partial charge in [-0.05, 0) is 24.7 Å². The molecular formula is C17H20ClN5O. The minimum Gasteiger partial charge on any atom is -0.354 e. The van der Waals surface area contributed by atoms with E-state index in [9.17, 15) is 4.79 Å². The van der Waals surface area contributed by atoms with Gasteiger partial charge in [0.25, 0.3) is 5.91 Å². The zero-order valence-electron chi connectivity index (χ0n) is 13.6. The van der Waals surface area contributed by atoms with Crippen LogP contribution in [0.2, 0.25) is 5.02 Å².